The Hall–Kier alpha value is -2.14. The highest BCUT2D eigenvalue weighted by Gasteiger charge is 2.13. The van der Waals surface area contributed by atoms with Crippen LogP contribution in [0.25, 0.3) is 0 Å². The predicted molar refractivity (Wildman–Crippen MR) is 79.8 cm³/mol. The van der Waals surface area contributed by atoms with Gasteiger partial charge in [-0.3, -0.25) is 4.79 Å². The molecule has 0 saturated heterocycles. The fraction of sp³-hybridized carbons (Fsp3) is 0.188. The lowest BCUT2D eigenvalue weighted by atomic mass is 10.2. The minimum Gasteiger partial charge on any atom is -0.482 e. The first-order valence-electron chi connectivity index (χ1n) is 6.52. The van der Waals surface area contributed by atoms with Crippen molar-refractivity contribution in [1.82, 2.24) is 4.90 Å². The molecule has 0 aromatic heterocycles. The van der Waals surface area contributed by atoms with Crippen LogP contribution in [0.4, 0.5) is 8.78 Å². The molecule has 0 heterocycles. The Bertz CT molecular complexity index is 679. The normalized spacial score (nSPS) is 10.4. The zero-order valence-corrected chi connectivity index (χ0v) is 12.6. The van der Waals surface area contributed by atoms with Gasteiger partial charge in [-0.15, -0.1) is 0 Å². The number of hydrogen-bond donors (Lipinski definition) is 0. The van der Waals surface area contributed by atoms with E-state index in [1.807, 2.05) is 0 Å². The van der Waals surface area contributed by atoms with Crippen LogP contribution in [-0.4, -0.2) is 24.5 Å². The second-order valence-corrected chi connectivity index (χ2v) is 5.11. The van der Waals surface area contributed by atoms with Crippen LogP contribution in [0.3, 0.4) is 0 Å². The highest BCUT2D eigenvalue weighted by Crippen LogP contribution is 2.24. The van der Waals surface area contributed by atoms with E-state index in [9.17, 15) is 13.6 Å². The summed E-state index contributed by atoms with van der Waals surface area (Å²) >= 11 is 5.80. The van der Waals surface area contributed by atoms with Crippen LogP contribution < -0.4 is 4.74 Å². The topological polar surface area (TPSA) is 29.5 Å². The summed E-state index contributed by atoms with van der Waals surface area (Å²) in [6.07, 6.45) is 0. The van der Waals surface area contributed by atoms with Gasteiger partial charge in [0.05, 0.1) is 5.02 Å². The lowest BCUT2D eigenvalue weighted by molar-refractivity contribution is -0.132. The first kappa shape index (κ1) is 16.2. The monoisotopic (exact) mass is 325 g/mol. The van der Waals surface area contributed by atoms with Crippen molar-refractivity contribution in [3.05, 3.63) is 64.7 Å². The van der Waals surface area contributed by atoms with Crippen LogP contribution in [0.1, 0.15) is 5.56 Å². The lowest BCUT2D eigenvalue weighted by Crippen LogP contribution is -2.31. The first-order valence-corrected chi connectivity index (χ1v) is 6.90. The standard InChI is InChI=1S/C16H14ClF2NO2/c1-20(9-11-4-2-3-5-14(11)19)16(21)10-22-15-7-6-12(18)8-13(15)17/h2-8H,9-10H2,1H3. The number of hydrogen-bond acceptors (Lipinski definition) is 2. The summed E-state index contributed by atoms with van der Waals surface area (Å²) < 4.78 is 31.7. The molecule has 0 aliphatic carbocycles. The van der Waals surface area contributed by atoms with E-state index in [0.717, 1.165) is 6.07 Å². The Morgan fingerprint density at radius 2 is 1.95 bits per heavy atom. The number of rotatable bonds is 5. The highest BCUT2D eigenvalue weighted by molar-refractivity contribution is 6.32. The van der Waals surface area contributed by atoms with E-state index < -0.39 is 5.82 Å². The first-order chi connectivity index (χ1) is 10.5. The third-order valence-corrected chi connectivity index (χ3v) is 3.33. The van der Waals surface area contributed by atoms with E-state index in [-0.39, 0.29) is 35.6 Å². The Morgan fingerprint density at radius 3 is 2.64 bits per heavy atom. The zero-order valence-electron chi connectivity index (χ0n) is 11.9. The van der Waals surface area contributed by atoms with Crippen LogP contribution in [-0.2, 0) is 11.3 Å². The van der Waals surface area contributed by atoms with Crippen LogP contribution in [0.5, 0.6) is 5.75 Å². The molecule has 0 spiro atoms. The molecule has 1 amide bonds. The van der Waals surface area contributed by atoms with Gasteiger partial charge in [-0.05, 0) is 24.3 Å². The maximum Gasteiger partial charge on any atom is 0.260 e. The molecule has 0 bridgehead atoms. The van der Waals surface area contributed by atoms with Crippen LogP contribution in [0, 0.1) is 11.6 Å². The average Bonchev–Trinajstić information content (AvgIpc) is 2.48. The molecule has 116 valence electrons. The lowest BCUT2D eigenvalue weighted by Gasteiger charge is -2.18. The van der Waals surface area contributed by atoms with Gasteiger partial charge in [-0.25, -0.2) is 8.78 Å². The number of halogens is 3. The molecule has 0 aliphatic rings. The number of ether oxygens (including phenoxy) is 1. The van der Waals surface area contributed by atoms with Gasteiger partial charge in [0, 0.05) is 19.2 Å². The Labute approximate surface area is 132 Å². The highest BCUT2D eigenvalue weighted by atomic mass is 35.5. The van der Waals surface area contributed by atoms with E-state index in [2.05, 4.69) is 0 Å². The summed E-state index contributed by atoms with van der Waals surface area (Å²) in [5.41, 5.74) is 0.415. The smallest absolute Gasteiger partial charge is 0.260 e. The SMILES string of the molecule is CN(Cc1ccccc1F)C(=O)COc1ccc(F)cc1Cl. The summed E-state index contributed by atoms with van der Waals surface area (Å²) in [6, 6.07) is 9.87. The number of carbonyl (C=O) groups is 1. The van der Waals surface area contributed by atoms with Gasteiger partial charge >= 0.3 is 0 Å². The molecule has 0 aliphatic heterocycles. The molecule has 6 heteroatoms. The molecule has 0 atom stereocenters. The van der Waals surface area contributed by atoms with Crippen molar-refractivity contribution in [2.45, 2.75) is 6.54 Å². The molecular weight excluding hydrogens is 312 g/mol. The summed E-state index contributed by atoms with van der Waals surface area (Å²) in [7, 11) is 1.55. The third kappa shape index (κ3) is 4.18. The average molecular weight is 326 g/mol. The van der Waals surface area contributed by atoms with E-state index >= 15 is 0 Å². The molecular formula is C16H14ClF2NO2. The number of likely N-dealkylation sites (N-methyl/N-ethyl adjacent to an activating group) is 1. The Morgan fingerprint density at radius 1 is 1.23 bits per heavy atom. The molecule has 2 aromatic carbocycles. The zero-order chi connectivity index (χ0) is 16.1. The minimum absolute atomic E-state index is 0.0876. The molecule has 0 saturated carbocycles. The molecule has 0 unspecified atom stereocenters. The molecule has 2 rings (SSSR count). The van der Waals surface area contributed by atoms with E-state index in [1.165, 1.54) is 23.1 Å². The van der Waals surface area contributed by atoms with Crippen LogP contribution >= 0.6 is 11.6 Å². The quantitative estimate of drug-likeness (QED) is 0.839. The van der Waals surface area contributed by atoms with Gasteiger partial charge in [0.2, 0.25) is 0 Å². The van der Waals surface area contributed by atoms with Crippen LogP contribution in [0.2, 0.25) is 5.02 Å². The van der Waals surface area contributed by atoms with Gasteiger partial charge in [0.15, 0.2) is 6.61 Å². The van der Waals surface area contributed by atoms with Gasteiger partial charge in [-0.2, -0.15) is 0 Å². The number of nitrogens with zero attached hydrogens (tertiary/aromatic N) is 1. The molecule has 22 heavy (non-hydrogen) atoms. The van der Waals surface area contributed by atoms with E-state index in [1.54, 1.807) is 25.2 Å². The predicted octanol–water partition coefficient (Wildman–Crippen LogP) is 3.66. The van der Waals surface area contributed by atoms with Crippen molar-refractivity contribution in [2.24, 2.45) is 0 Å². The summed E-state index contributed by atoms with van der Waals surface area (Å²) in [4.78, 5) is 13.3. The van der Waals surface area contributed by atoms with Crippen molar-refractivity contribution in [1.29, 1.82) is 0 Å². The van der Waals surface area contributed by atoms with E-state index in [4.69, 9.17) is 16.3 Å². The number of carbonyl (C=O) groups excluding carboxylic acids is 1. The number of amides is 1. The van der Waals surface area contributed by atoms with Gasteiger partial charge in [-0.1, -0.05) is 29.8 Å². The molecule has 0 fully saturated rings. The summed E-state index contributed by atoms with van der Waals surface area (Å²) in [5.74, 6) is -0.982. The van der Waals surface area contributed by atoms with Crippen molar-refractivity contribution >= 4 is 17.5 Å². The van der Waals surface area contributed by atoms with Crippen LogP contribution in [0.15, 0.2) is 42.5 Å². The fourth-order valence-electron chi connectivity index (χ4n) is 1.81. The Balaban J connectivity index is 1.93. The molecule has 3 nitrogen and oxygen atoms in total. The van der Waals surface area contributed by atoms with Crippen molar-refractivity contribution < 1.29 is 18.3 Å². The van der Waals surface area contributed by atoms with Crippen molar-refractivity contribution in [3.63, 3.8) is 0 Å². The van der Waals surface area contributed by atoms with Gasteiger partial charge in [0.1, 0.15) is 17.4 Å². The molecule has 2 aromatic rings. The van der Waals surface area contributed by atoms with Gasteiger partial charge in [0.25, 0.3) is 5.91 Å². The minimum atomic E-state index is -0.486. The third-order valence-electron chi connectivity index (χ3n) is 3.04. The molecule has 0 radical (unpaired) electrons. The Kier molecular flexibility index (Phi) is 5.33. The number of benzene rings is 2. The van der Waals surface area contributed by atoms with E-state index in [0.29, 0.717) is 5.56 Å². The maximum absolute atomic E-state index is 13.5. The van der Waals surface area contributed by atoms with Crippen molar-refractivity contribution in [3.8, 4) is 5.75 Å². The van der Waals surface area contributed by atoms with Crippen molar-refractivity contribution in [2.75, 3.05) is 13.7 Å². The second kappa shape index (κ2) is 7.22. The molecule has 0 N–H and O–H groups in total. The maximum atomic E-state index is 13.5. The van der Waals surface area contributed by atoms with Gasteiger partial charge < -0.3 is 9.64 Å². The fourth-order valence-corrected chi connectivity index (χ4v) is 2.03. The second-order valence-electron chi connectivity index (χ2n) is 4.70. The summed E-state index contributed by atoms with van der Waals surface area (Å²) in [5, 5.41) is 0.0876. The summed E-state index contributed by atoms with van der Waals surface area (Å²) in [6.45, 7) is -0.137. The largest absolute Gasteiger partial charge is 0.482 e.